The van der Waals surface area contributed by atoms with Crippen molar-refractivity contribution in [2.45, 2.75) is 0 Å². The summed E-state index contributed by atoms with van der Waals surface area (Å²) in [5, 5.41) is 5.01. The van der Waals surface area contributed by atoms with E-state index in [1.165, 1.54) is 21.3 Å². The number of fused-ring (bicyclic) bond motifs is 1. The molecular formula is C22H19NO4S. The fraction of sp³-hybridized carbons (Fsp3) is 0.136. The number of carbonyl (C=O) groups excluding carboxylic acids is 1. The van der Waals surface area contributed by atoms with Crippen molar-refractivity contribution in [3.8, 4) is 28.4 Å². The molecule has 0 spiro atoms. The zero-order valence-corrected chi connectivity index (χ0v) is 16.6. The van der Waals surface area contributed by atoms with Gasteiger partial charge < -0.3 is 19.2 Å². The lowest BCUT2D eigenvalue weighted by Gasteiger charge is -2.13. The first-order valence-electron chi connectivity index (χ1n) is 8.65. The summed E-state index contributed by atoms with van der Waals surface area (Å²) < 4.78 is 16.1. The van der Waals surface area contributed by atoms with Crippen molar-refractivity contribution >= 4 is 28.0 Å². The molecule has 0 unspecified atom stereocenters. The van der Waals surface area contributed by atoms with Gasteiger partial charge in [0.05, 0.1) is 26.8 Å². The molecule has 142 valence electrons. The van der Waals surface area contributed by atoms with Crippen LogP contribution in [0.2, 0.25) is 0 Å². The molecule has 4 rings (SSSR count). The normalized spacial score (nSPS) is 10.8. The molecule has 0 aliphatic heterocycles. The summed E-state index contributed by atoms with van der Waals surface area (Å²) in [4.78, 5) is 16.6. The molecule has 4 aromatic rings. The number of carbonyl (C=O) groups is 1. The van der Waals surface area contributed by atoms with Gasteiger partial charge in [0.25, 0.3) is 0 Å². The van der Waals surface area contributed by atoms with Crippen LogP contribution in [-0.2, 0) is 0 Å². The quantitative estimate of drug-likeness (QED) is 0.460. The molecule has 0 amide bonds. The van der Waals surface area contributed by atoms with Crippen LogP contribution in [-0.4, -0.2) is 32.1 Å². The van der Waals surface area contributed by atoms with Crippen LogP contribution in [0.15, 0.2) is 53.4 Å². The molecule has 2 aromatic carbocycles. The highest BCUT2D eigenvalue weighted by Gasteiger charge is 2.21. The van der Waals surface area contributed by atoms with Crippen LogP contribution in [0.5, 0.6) is 17.2 Å². The van der Waals surface area contributed by atoms with Crippen molar-refractivity contribution in [3.63, 3.8) is 0 Å². The van der Waals surface area contributed by atoms with E-state index in [1.807, 2.05) is 17.5 Å². The third-order valence-electron chi connectivity index (χ3n) is 4.72. The van der Waals surface area contributed by atoms with Gasteiger partial charge in [0.1, 0.15) is 0 Å². The topological polar surface area (TPSA) is 60.6 Å². The first-order chi connectivity index (χ1) is 13.7. The predicted octanol–water partition coefficient (Wildman–Crippen LogP) is 5.15. The average Bonchev–Trinajstić information content (AvgIpc) is 3.41. The molecule has 0 fully saturated rings. The summed E-state index contributed by atoms with van der Waals surface area (Å²) in [6, 6.07) is 11.4. The van der Waals surface area contributed by atoms with Gasteiger partial charge in [-0.15, -0.1) is 0 Å². The van der Waals surface area contributed by atoms with Crippen LogP contribution in [0, 0.1) is 0 Å². The maximum absolute atomic E-state index is 13.3. The molecule has 0 saturated heterocycles. The molecule has 2 heterocycles. The SMILES string of the molecule is COc1cc(C(=O)c2c[nH]c3c(-c4ccsc4)cccc23)cc(OC)c1OC. The number of nitrogens with one attached hydrogen (secondary N) is 1. The number of rotatable bonds is 6. The second-order valence-electron chi connectivity index (χ2n) is 6.19. The van der Waals surface area contributed by atoms with Gasteiger partial charge in [0, 0.05) is 28.3 Å². The lowest BCUT2D eigenvalue weighted by molar-refractivity contribution is 0.103. The third-order valence-corrected chi connectivity index (χ3v) is 5.40. The van der Waals surface area contributed by atoms with Crippen molar-refractivity contribution in [2.75, 3.05) is 21.3 Å². The molecule has 2 aromatic heterocycles. The Bertz CT molecular complexity index is 1120. The van der Waals surface area contributed by atoms with Gasteiger partial charge in [0.2, 0.25) is 5.75 Å². The van der Waals surface area contributed by atoms with Crippen LogP contribution in [0.3, 0.4) is 0 Å². The monoisotopic (exact) mass is 393 g/mol. The smallest absolute Gasteiger partial charge is 0.203 e. The lowest BCUT2D eigenvalue weighted by atomic mass is 9.99. The van der Waals surface area contributed by atoms with Gasteiger partial charge >= 0.3 is 0 Å². The molecule has 0 bridgehead atoms. The summed E-state index contributed by atoms with van der Waals surface area (Å²) in [5.41, 5.74) is 4.21. The minimum absolute atomic E-state index is 0.118. The molecule has 5 nitrogen and oxygen atoms in total. The van der Waals surface area contributed by atoms with Crippen LogP contribution in [0.1, 0.15) is 15.9 Å². The Morgan fingerprint density at radius 1 is 1.00 bits per heavy atom. The number of benzene rings is 2. The van der Waals surface area contributed by atoms with E-state index >= 15 is 0 Å². The standard InChI is InChI=1S/C22H19NO4S/c1-25-18-9-14(10-19(26-2)22(18)27-3)21(24)17-11-23-20-15(5-4-6-16(17)20)13-7-8-28-12-13/h4-12,23H,1-3H3. The summed E-state index contributed by atoms with van der Waals surface area (Å²) in [7, 11) is 4.60. The van der Waals surface area contributed by atoms with Gasteiger partial charge in [-0.1, -0.05) is 18.2 Å². The largest absolute Gasteiger partial charge is 0.493 e. The fourth-order valence-corrected chi connectivity index (χ4v) is 4.02. The van der Waals surface area contributed by atoms with Crippen LogP contribution in [0.4, 0.5) is 0 Å². The van der Waals surface area contributed by atoms with Crippen molar-refractivity contribution in [1.82, 2.24) is 4.98 Å². The van der Waals surface area contributed by atoms with Crippen LogP contribution in [0.25, 0.3) is 22.0 Å². The molecule has 0 aliphatic carbocycles. The number of methoxy groups -OCH3 is 3. The fourth-order valence-electron chi connectivity index (χ4n) is 3.37. The number of thiophene rings is 1. The highest BCUT2D eigenvalue weighted by Crippen LogP contribution is 2.39. The minimum atomic E-state index is -0.118. The number of aromatic nitrogens is 1. The number of para-hydroxylation sites is 1. The summed E-state index contributed by atoms with van der Waals surface area (Å²) >= 11 is 1.64. The zero-order chi connectivity index (χ0) is 19.7. The van der Waals surface area contributed by atoms with Crippen molar-refractivity contribution in [3.05, 3.63) is 64.5 Å². The molecule has 0 saturated carbocycles. The summed E-state index contributed by atoms with van der Waals surface area (Å²) in [6.07, 6.45) is 1.76. The van der Waals surface area contributed by atoms with E-state index in [0.717, 1.165) is 22.0 Å². The number of hydrogen-bond donors (Lipinski definition) is 1. The highest BCUT2D eigenvalue weighted by atomic mass is 32.1. The van der Waals surface area contributed by atoms with E-state index in [1.54, 1.807) is 29.7 Å². The Labute approximate surface area is 166 Å². The molecular weight excluding hydrogens is 374 g/mol. The number of hydrogen-bond acceptors (Lipinski definition) is 5. The maximum Gasteiger partial charge on any atom is 0.203 e. The van der Waals surface area contributed by atoms with Gasteiger partial charge in [-0.05, 0) is 34.5 Å². The van der Waals surface area contributed by atoms with Crippen molar-refractivity contribution in [1.29, 1.82) is 0 Å². The van der Waals surface area contributed by atoms with E-state index < -0.39 is 0 Å². The summed E-state index contributed by atoms with van der Waals surface area (Å²) in [5.74, 6) is 1.24. The Morgan fingerprint density at radius 2 is 1.75 bits per heavy atom. The Balaban J connectivity index is 1.83. The number of ketones is 1. The first-order valence-corrected chi connectivity index (χ1v) is 9.59. The van der Waals surface area contributed by atoms with E-state index in [0.29, 0.717) is 28.4 Å². The zero-order valence-electron chi connectivity index (χ0n) is 15.7. The van der Waals surface area contributed by atoms with E-state index in [9.17, 15) is 4.79 Å². The Kier molecular flexibility index (Phi) is 4.79. The average molecular weight is 393 g/mol. The van der Waals surface area contributed by atoms with Crippen LogP contribution < -0.4 is 14.2 Å². The third kappa shape index (κ3) is 2.92. The van der Waals surface area contributed by atoms with E-state index in [4.69, 9.17) is 14.2 Å². The van der Waals surface area contributed by atoms with Gasteiger partial charge in [-0.2, -0.15) is 11.3 Å². The number of ether oxygens (including phenoxy) is 3. The first kappa shape index (κ1) is 18.1. The predicted molar refractivity (Wildman–Crippen MR) is 111 cm³/mol. The van der Waals surface area contributed by atoms with Crippen LogP contribution >= 0.6 is 11.3 Å². The number of aromatic amines is 1. The van der Waals surface area contributed by atoms with Gasteiger partial charge in [-0.3, -0.25) is 4.79 Å². The Hall–Kier alpha value is -3.25. The molecule has 1 N–H and O–H groups in total. The molecule has 6 heteroatoms. The molecule has 28 heavy (non-hydrogen) atoms. The summed E-state index contributed by atoms with van der Waals surface area (Å²) in [6.45, 7) is 0. The van der Waals surface area contributed by atoms with Crippen molar-refractivity contribution < 1.29 is 19.0 Å². The molecule has 0 atom stereocenters. The van der Waals surface area contributed by atoms with Gasteiger partial charge in [0.15, 0.2) is 17.3 Å². The van der Waals surface area contributed by atoms with Gasteiger partial charge in [-0.25, -0.2) is 0 Å². The van der Waals surface area contributed by atoms with E-state index in [-0.39, 0.29) is 5.78 Å². The maximum atomic E-state index is 13.3. The molecule has 0 radical (unpaired) electrons. The second-order valence-corrected chi connectivity index (χ2v) is 6.97. The minimum Gasteiger partial charge on any atom is -0.493 e. The van der Waals surface area contributed by atoms with E-state index in [2.05, 4.69) is 22.5 Å². The number of H-pyrrole nitrogens is 1. The lowest BCUT2D eigenvalue weighted by Crippen LogP contribution is -2.03. The highest BCUT2D eigenvalue weighted by molar-refractivity contribution is 7.08. The molecule has 0 aliphatic rings. The second kappa shape index (κ2) is 7.40. The van der Waals surface area contributed by atoms with Crippen molar-refractivity contribution in [2.24, 2.45) is 0 Å². The Morgan fingerprint density at radius 3 is 2.36 bits per heavy atom.